The van der Waals surface area contributed by atoms with Gasteiger partial charge < -0.3 is 0 Å². The van der Waals surface area contributed by atoms with Crippen molar-refractivity contribution in [2.45, 2.75) is 10.8 Å². The molecule has 88 valence electrons. The van der Waals surface area contributed by atoms with Crippen LogP contribution in [0.4, 0.5) is 4.39 Å². The van der Waals surface area contributed by atoms with Crippen LogP contribution in [0, 0.1) is 5.82 Å². The first-order valence-electron chi connectivity index (χ1n) is 4.71. The predicted molar refractivity (Wildman–Crippen MR) is 61.4 cm³/mol. The normalized spacial score (nSPS) is 10.4. The van der Waals surface area contributed by atoms with E-state index in [1.54, 1.807) is 12.1 Å². The zero-order valence-corrected chi connectivity index (χ0v) is 9.38. The van der Waals surface area contributed by atoms with E-state index in [2.05, 4.69) is 15.2 Å². The van der Waals surface area contributed by atoms with E-state index in [1.165, 1.54) is 12.1 Å². The number of thioether (sulfide) groups is 1. The maximum absolute atomic E-state index is 12.9. The van der Waals surface area contributed by atoms with Gasteiger partial charge in [0.05, 0.1) is 0 Å². The van der Waals surface area contributed by atoms with Gasteiger partial charge in [-0.3, -0.25) is 9.78 Å². The Hall–Kier alpha value is -1.89. The quantitative estimate of drug-likeness (QED) is 0.796. The van der Waals surface area contributed by atoms with Crippen molar-refractivity contribution in [1.82, 2.24) is 15.2 Å². The highest BCUT2D eigenvalue weighted by Crippen LogP contribution is 2.17. The van der Waals surface area contributed by atoms with Crippen molar-refractivity contribution in [3.05, 3.63) is 56.5 Å². The number of halogens is 1. The average molecular weight is 253 g/mol. The van der Waals surface area contributed by atoms with Crippen LogP contribution in [-0.4, -0.2) is 15.2 Å². The van der Waals surface area contributed by atoms with Gasteiger partial charge in [-0.15, -0.1) is 0 Å². The fourth-order valence-electron chi connectivity index (χ4n) is 1.21. The predicted octanol–water partition coefficient (Wildman–Crippen LogP) is 0.890. The van der Waals surface area contributed by atoms with E-state index in [0.29, 0.717) is 5.75 Å². The first kappa shape index (κ1) is 11.6. The van der Waals surface area contributed by atoms with E-state index in [1.807, 2.05) is 0 Å². The Morgan fingerprint density at radius 1 is 1.35 bits per heavy atom. The lowest BCUT2D eigenvalue weighted by Crippen LogP contribution is -2.24. The molecule has 0 radical (unpaired) electrons. The molecule has 0 aliphatic rings. The molecule has 2 N–H and O–H groups in total. The van der Waals surface area contributed by atoms with Crippen molar-refractivity contribution >= 4 is 11.8 Å². The van der Waals surface area contributed by atoms with Crippen LogP contribution in [0.25, 0.3) is 0 Å². The fraction of sp³-hybridized carbons (Fsp3) is 0.100. The third kappa shape index (κ3) is 3.04. The smallest absolute Gasteiger partial charge is 0.271 e. The van der Waals surface area contributed by atoms with E-state index in [9.17, 15) is 14.0 Å². The SMILES string of the molecule is O=c1[nH]nc(SCc2cccc(F)c2)c(=O)[nH]1. The lowest BCUT2D eigenvalue weighted by atomic mass is 10.2. The first-order chi connectivity index (χ1) is 8.15. The van der Waals surface area contributed by atoms with Crippen LogP contribution in [0.15, 0.2) is 38.9 Å². The molecular weight excluding hydrogens is 245 g/mol. The molecule has 0 aliphatic heterocycles. The molecule has 7 heteroatoms. The second-order valence-corrected chi connectivity index (χ2v) is 4.19. The van der Waals surface area contributed by atoms with Gasteiger partial charge in [0, 0.05) is 5.75 Å². The van der Waals surface area contributed by atoms with E-state index >= 15 is 0 Å². The molecular formula is C10H8FN3O2S. The van der Waals surface area contributed by atoms with Gasteiger partial charge in [-0.05, 0) is 17.7 Å². The average Bonchev–Trinajstić information content (AvgIpc) is 2.28. The van der Waals surface area contributed by atoms with Gasteiger partial charge in [0.25, 0.3) is 5.56 Å². The second kappa shape index (κ2) is 4.96. The van der Waals surface area contributed by atoms with Crippen LogP contribution < -0.4 is 11.2 Å². The van der Waals surface area contributed by atoms with Gasteiger partial charge in [-0.1, -0.05) is 23.9 Å². The van der Waals surface area contributed by atoms with Gasteiger partial charge in [-0.25, -0.2) is 14.3 Å². The number of hydrogen-bond donors (Lipinski definition) is 2. The molecule has 0 spiro atoms. The van der Waals surface area contributed by atoms with Crippen molar-refractivity contribution in [3.63, 3.8) is 0 Å². The number of rotatable bonds is 3. The third-order valence-corrected chi connectivity index (χ3v) is 2.97. The maximum Gasteiger partial charge on any atom is 0.342 e. The number of H-pyrrole nitrogens is 2. The minimum Gasteiger partial charge on any atom is -0.271 e. The van der Waals surface area contributed by atoms with E-state index < -0.39 is 11.2 Å². The summed E-state index contributed by atoms with van der Waals surface area (Å²) in [6, 6.07) is 6.07. The van der Waals surface area contributed by atoms with Crippen LogP contribution in [0.1, 0.15) is 5.56 Å². The molecule has 0 saturated carbocycles. The van der Waals surface area contributed by atoms with Gasteiger partial charge in [0.1, 0.15) is 5.82 Å². The largest absolute Gasteiger partial charge is 0.342 e. The number of nitrogens with zero attached hydrogens (tertiary/aromatic N) is 1. The van der Waals surface area contributed by atoms with Crippen molar-refractivity contribution in [1.29, 1.82) is 0 Å². The Kier molecular flexibility index (Phi) is 3.38. The number of aromatic amines is 2. The maximum atomic E-state index is 12.9. The van der Waals surface area contributed by atoms with Gasteiger partial charge >= 0.3 is 5.69 Å². The van der Waals surface area contributed by atoms with Crippen molar-refractivity contribution in [2.75, 3.05) is 0 Å². The zero-order valence-electron chi connectivity index (χ0n) is 8.57. The van der Waals surface area contributed by atoms with Gasteiger partial charge in [0.15, 0.2) is 5.03 Å². The molecule has 1 heterocycles. The van der Waals surface area contributed by atoms with Crippen LogP contribution in [0.2, 0.25) is 0 Å². The minimum atomic E-state index is -0.648. The summed E-state index contributed by atoms with van der Waals surface area (Å²) >= 11 is 1.13. The molecule has 0 aliphatic carbocycles. The summed E-state index contributed by atoms with van der Waals surface area (Å²) in [6.45, 7) is 0. The Labute approximate surface area is 99.1 Å². The monoisotopic (exact) mass is 253 g/mol. The van der Waals surface area contributed by atoms with Crippen molar-refractivity contribution in [3.8, 4) is 0 Å². The topological polar surface area (TPSA) is 78.6 Å². The molecule has 0 saturated heterocycles. The summed E-state index contributed by atoms with van der Waals surface area (Å²) in [5, 5.41) is 5.88. The van der Waals surface area contributed by atoms with E-state index in [4.69, 9.17) is 0 Å². The van der Waals surface area contributed by atoms with Crippen LogP contribution in [-0.2, 0) is 5.75 Å². The molecule has 1 aromatic heterocycles. The lowest BCUT2D eigenvalue weighted by molar-refractivity contribution is 0.626. The highest BCUT2D eigenvalue weighted by molar-refractivity contribution is 7.98. The third-order valence-electron chi connectivity index (χ3n) is 1.94. The summed E-state index contributed by atoms with van der Waals surface area (Å²) in [6.07, 6.45) is 0. The standard InChI is InChI=1S/C10H8FN3O2S/c11-7-3-1-2-6(4-7)5-17-9-8(15)12-10(16)14-13-9/h1-4H,5H2,(H2,12,14,15,16). The Morgan fingerprint density at radius 3 is 2.88 bits per heavy atom. The number of nitrogens with one attached hydrogen (secondary N) is 2. The molecule has 0 amide bonds. The summed E-state index contributed by atoms with van der Waals surface area (Å²) in [5.74, 6) is 0.0753. The highest BCUT2D eigenvalue weighted by atomic mass is 32.2. The number of benzene rings is 1. The number of hydrogen-bond acceptors (Lipinski definition) is 4. The molecule has 5 nitrogen and oxygen atoms in total. The molecule has 1 aromatic carbocycles. The van der Waals surface area contributed by atoms with Crippen molar-refractivity contribution in [2.24, 2.45) is 0 Å². The summed E-state index contributed by atoms with van der Waals surface area (Å²) in [4.78, 5) is 24.1. The molecule has 2 aromatic rings. The highest BCUT2D eigenvalue weighted by Gasteiger charge is 2.04. The molecule has 0 fully saturated rings. The van der Waals surface area contributed by atoms with Crippen LogP contribution in [0.3, 0.4) is 0 Å². The molecule has 0 bridgehead atoms. The second-order valence-electron chi connectivity index (χ2n) is 3.23. The van der Waals surface area contributed by atoms with E-state index in [0.717, 1.165) is 17.3 Å². The molecule has 2 rings (SSSR count). The zero-order chi connectivity index (χ0) is 12.3. The van der Waals surface area contributed by atoms with Gasteiger partial charge in [-0.2, -0.15) is 5.10 Å². The molecule has 0 atom stereocenters. The minimum absolute atomic E-state index is 0.147. The summed E-state index contributed by atoms with van der Waals surface area (Å²) in [7, 11) is 0. The molecule has 17 heavy (non-hydrogen) atoms. The van der Waals surface area contributed by atoms with Crippen LogP contribution >= 0.6 is 11.8 Å². The fourth-order valence-corrected chi connectivity index (χ4v) is 1.99. The summed E-state index contributed by atoms with van der Waals surface area (Å²) < 4.78 is 12.9. The first-order valence-corrected chi connectivity index (χ1v) is 5.70. The Morgan fingerprint density at radius 2 is 2.18 bits per heavy atom. The Bertz CT molecular complexity index is 638. The molecule has 0 unspecified atom stereocenters. The van der Waals surface area contributed by atoms with Crippen molar-refractivity contribution < 1.29 is 4.39 Å². The number of aromatic nitrogens is 3. The lowest BCUT2D eigenvalue weighted by Gasteiger charge is -1.99. The van der Waals surface area contributed by atoms with Crippen LogP contribution in [0.5, 0.6) is 0 Å². The van der Waals surface area contributed by atoms with E-state index in [-0.39, 0.29) is 10.8 Å². The summed E-state index contributed by atoms with van der Waals surface area (Å²) in [5.41, 5.74) is -0.456. The van der Waals surface area contributed by atoms with Gasteiger partial charge in [0.2, 0.25) is 0 Å². The Balaban J connectivity index is 2.12.